The van der Waals surface area contributed by atoms with Crippen molar-refractivity contribution in [2.75, 3.05) is 50.8 Å². The van der Waals surface area contributed by atoms with E-state index in [0.717, 1.165) is 63.7 Å². The van der Waals surface area contributed by atoms with Crippen molar-refractivity contribution in [1.82, 2.24) is 10.2 Å². The maximum atomic E-state index is 13.4. The zero-order valence-corrected chi connectivity index (χ0v) is 18.6. The summed E-state index contributed by atoms with van der Waals surface area (Å²) < 4.78 is 18.9. The van der Waals surface area contributed by atoms with Gasteiger partial charge in [0.05, 0.1) is 25.7 Å². The molecule has 5 nitrogen and oxygen atoms in total. The molecule has 0 spiro atoms. The highest BCUT2D eigenvalue weighted by Gasteiger charge is 2.22. The summed E-state index contributed by atoms with van der Waals surface area (Å²) >= 11 is 0. The Hall–Kier alpha value is -2.46. The van der Waals surface area contributed by atoms with E-state index in [1.807, 2.05) is 12.1 Å². The Morgan fingerprint density at radius 2 is 1.94 bits per heavy atom. The second-order valence-electron chi connectivity index (χ2n) is 7.95. The number of ether oxygens (including phenoxy) is 1. The number of morpholine rings is 1. The lowest BCUT2D eigenvalue weighted by molar-refractivity contribution is 0.0161. The number of benzene rings is 2. The van der Waals surface area contributed by atoms with Crippen molar-refractivity contribution < 1.29 is 9.13 Å². The normalized spacial score (nSPS) is 15.4. The van der Waals surface area contributed by atoms with Crippen LogP contribution in [0.2, 0.25) is 0 Å². The Bertz CT molecular complexity index is 859. The molecular weight excluding hydrogens is 391 g/mol. The third kappa shape index (κ3) is 6.51. The smallest absolute Gasteiger partial charge is 0.123 e. The number of halogens is 1. The summed E-state index contributed by atoms with van der Waals surface area (Å²) in [6, 6.07) is 15.8. The Labute approximate surface area is 185 Å². The van der Waals surface area contributed by atoms with Crippen LogP contribution in [-0.4, -0.2) is 50.8 Å². The molecule has 0 aromatic heterocycles. The van der Waals surface area contributed by atoms with Gasteiger partial charge in [-0.25, -0.2) is 4.39 Å². The van der Waals surface area contributed by atoms with E-state index >= 15 is 0 Å². The zero-order valence-electron chi connectivity index (χ0n) is 18.6. The topological polar surface area (TPSA) is 51.5 Å². The first-order valence-electron chi connectivity index (χ1n) is 11.1. The lowest BCUT2D eigenvalue weighted by Crippen LogP contribution is -2.42. The van der Waals surface area contributed by atoms with Crippen molar-refractivity contribution in [3.63, 3.8) is 0 Å². The van der Waals surface area contributed by atoms with Crippen LogP contribution in [0.5, 0.6) is 0 Å². The Balaban J connectivity index is 1.64. The first-order valence-corrected chi connectivity index (χ1v) is 11.1. The van der Waals surface area contributed by atoms with Gasteiger partial charge in [0, 0.05) is 51.0 Å². The summed E-state index contributed by atoms with van der Waals surface area (Å²) in [5.74, 6) is -0.205. The van der Waals surface area contributed by atoms with Crippen LogP contribution in [0.25, 0.3) is 0 Å². The van der Waals surface area contributed by atoms with Crippen LogP contribution < -0.4 is 10.2 Å². The minimum Gasteiger partial charge on any atom is -0.379 e. The average molecular weight is 425 g/mol. The molecule has 1 atom stereocenters. The third-order valence-electron chi connectivity index (χ3n) is 5.96. The maximum Gasteiger partial charge on any atom is 0.123 e. The minimum absolute atomic E-state index is 0.186. The molecule has 1 saturated heterocycles. The fourth-order valence-electron chi connectivity index (χ4n) is 4.11. The number of aryl methyl sites for hydroxylation is 1. The molecule has 0 bridgehead atoms. The molecule has 0 aliphatic carbocycles. The Morgan fingerprint density at radius 1 is 1.19 bits per heavy atom. The van der Waals surface area contributed by atoms with Crippen LogP contribution in [0.4, 0.5) is 10.1 Å². The number of anilines is 1. The van der Waals surface area contributed by atoms with Crippen molar-refractivity contribution in [3.05, 3.63) is 65.0 Å². The highest BCUT2D eigenvalue weighted by Crippen LogP contribution is 2.23. The summed E-state index contributed by atoms with van der Waals surface area (Å²) in [5.41, 5.74) is 4.79. The standard InChI is InChI=1S/C25H33FN4O/c1-3-29(12-4-11-27)24-10-7-22(20(2)17-24)18-28-19-25(30-13-15-31-16-14-30)21-5-8-23(26)9-6-21/h5-10,17,25,28H,3-4,12-16,18-19H2,1-2H3. The van der Waals surface area contributed by atoms with Gasteiger partial charge in [-0.2, -0.15) is 5.26 Å². The number of nitrogens with zero attached hydrogens (tertiary/aromatic N) is 3. The molecule has 0 radical (unpaired) electrons. The van der Waals surface area contributed by atoms with Gasteiger partial charge in [0.2, 0.25) is 0 Å². The Morgan fingerprint density at radius 3 is 2.58 bits per heavy atom. The molecule has 1 aliphatic heterocycles. The first-order chi connectivity index (χ1) is 15.1. The summed E-state index contributed by atoms with van der Waals surface area (Å²) in [6.07, 6.45) is 0.530. The molecule has 0 saturated carbocycles. The van der Waals surface area contributed by atoms with Crippen LogP contribution in [0.3, 0.4) is 0 Å². The molecule has 6 heteroatoms. The first kappa shape index (κ1) is 23.2. The largest absolute Gasteiger partial charge is 0.379 e. The van der Waals surface area contributed by atoms with Crippen molar-refractivity contribution in [3.8, 4) is 6.07 Å². The summed E-state index contributed by atoms with van der Waals surface area (Å²) in [6.45, 7) is 10.7. The molecule has 1 heterocycles. The van der Waals surface area contributed by atoms with Crippen LogP contribution in [0.1, 0.15) is 36.1 Å². The van der Waals surface area contributed by atoms with E-state index in [-0.39, 0.29) is 11.9 Å². The molecule has 1 unspecified atom stereocenters. The van der Waals surface area contributed by atoms with Gasteiger partial charge in [0.1, 0.15) is 5.82 Å². The van der Waals surface area contributed by atoms with E-state index in [4.69, 9.17) is 10.00 Å². The predicted molar refractivity (Wildman–Crippen MR) is 123 cm³/mol. The summed E-state index contributed by atoms with van der Waals surface area (Å²) in [5, 5.41) is 12.5. The summed E-state index contributed by atoms with van der Waals surface area (Å²) in [7, 11) is 0. The van der Waals surface area contributed by atoms with E-state index in [1.54, 1.807) is 0 Å². The molecular formula is C25H33FN4O. The lowest BCUT2D eigenvalue weighted by atomic mass is 10.0. The molecule has 1 aliphatic rings. The van der Waals surface area contributed by atoms with Gasteiger partial charge >= 0.3 is 0 Å². The molecule has 1 N–H and O–H groups in total. The van der Waals surface area contributed by atoms with E-state index in [2.05, 4.69) is 53.2 Å². The highest BCUT2D eigenvalue weighted by atomic mass is 19.1. The van der Waals surface area contributed by atoms with Crippen LogP contribution in [-0.2, 0) is 11.3 Å². The van der Waals surface area contributed by atoms with E-state index in [1.165, 1.54) is 23.3 Å². The quantitative estimate of drug-likeness (QED) is 0.624. The van der Waals surface area contributed by atoms with Crippen molar-refractivity contribution in [2.45, 2.75) is 32.9 Å². The molecule has 31 heavy (non-hydrogen) atoms. The van der Waals surface area contributed by atoms with Crippen molar-refractivity contribution in [2.24, 2.45) is 0 Å². The number of hydrogen-bond donors (Lipinski definition) is 1. The van der Waals surface area contributed by atoms with Crippen molar-refractivity contribution in [1.29, 1.82) is 5.26 Å². The van der Waals surface area contributed by atoms with Gasteiger partial charge in [-0.1, -0.05) is 18.2 Å². The number of nitriles is 1. The molecule has 0 amide bonds. The Kier molecular flexibility index (Phi) is 8.84. The van der Waals surface area contributed by atoms with Crippen LogP contribution in [0.15, 0.2) is 42.5 Å². The van der Waals surface area contributed by atoms with Gasteiger partial charge in [0.15, 0.2) is 0 Å². The van der Waals surface area contributed by atoms with Gasteiger partial charge in [-0.15, -0.1) is 0 Å². The maximum absolute atomic E-state index is 13.4. The predicted octanol–water partition coefficient (Wildman–Crippen LogP) is 4.04. The molecule has 2 aromatic rings. The van der Waals surface area contributed by atoms with Gasteiger partial charge in [-0.3, -0.25) is 4.90 Å². The van der Waals surface area contributed by atoms with Crippen LogP contribution in [0, 0.1) is 24.1 Å². The average Bonchev–Trinajstić information content (AvgIpc) is 2.80. The van der Waals surface area contributed by atoms with Gasteiger partial charge in [0.25, 0.3) is 0 Å². The van der Waals surface area contributed by atoms with E-state index < -0.39 is 0 Å². The fourth-order valence-corrected chi connectivity index (χ4v) is 4.11. The van der Waals surface area contributed by atoms with Gasteiger partial charge < -0.3 is 15.0 Å². The molecule has 166 valence electrons. The monoisotopic (exact) mass is 424 g/mol. The second kappa shape index (κ2) is 11.8. The molecule has 2 aromatic carbocycles. The molecule has 3 rings (SSSR count). The van der Waals surface area contributed by atoms with Crippen LogP contribution >= 0.6 is 0 Å². The number of nitrogens with one attached hydrogen (secondary N) is 1. The zero-order chi connectivity index (χ0) is 22.1. The van der Waals surface area contributed by atoms with Gasteiger partial charge in [-0.05, 0) is 54.8 Å². The van der Waals surface area contributed by atoms with Crippen molar-refractivity contribution >= 4 is 5.69 Å². The highest BCUT2D eigenvalue weighted by molar-refractivity contribution is 5.50. The lowest BCUT2D eigenvalue weighted by Gasteiger charge is -2.35. The fraction of sp³-hybridized carbons (Fsp3) is 0.480. The molecule has 1 fully saturated rings. The third-order valence-corrected chi connectivity index (χ3v) is 5.96. The van der Waals surface area contributed by atoms with E-state index in [0.29, 0.717) is 6.42 Å². The number of rotatable bonds is 10. The minimum atomic E-state index is -0.205. The number of hydrogen-bond acceptors (Lipinski definition) is 5. The summed E-state index contributed by atoms with van der Waals surface area (Å²) in [4.78, 5) is 4.64. The SMILES string of the molecule is CCN(CCC#N)c1ccc(CNCC(c2ccc(F)cc2)N2CCOCC2)c(C)c1. The second-order valence-corrected chi connectivity index (χ2v) is 7.95. The van der Waals surface area contributed by atoms with E-state index in [9.17, 15) is 4.39 Å².